The summed E-state index contributed by atoms with van der Waals surface area (Å²) < 4.78 is 11.1. The van der Waals surface area contributed by atoms with Crippen LogP contribution in [0.2, 0.25) is 0 Å². The van der Waals surface area contributed by atoms with Gasteiger partial charge in [0.2, 0.25) is 5.91 Å². The third kappa shape index (κ3) is 6.92. The van der Waals surface area contributed by atoms with Crippen molar-refractivity contribution in [1.82, 2.24) is 15.5 Å². The molecule has 39 heavy (non-hydrogen) atoms. The van der Waals surface area contributed by atoms with Gasteiger partial charge in [-0.1, -0.05) is 36.4 Å². The van der Waals surface area contributed by atoms with Crippen LogP contribution in [0, 0.1) is 18.8 Å². The molecule has 1 heterocycles. The number of nitrogens with zero attached hydrogens (tertiary/aromatic N) is 1. The standard InChI is InChI=1S/C31H43N3O5/c1-22-10-4-6-13-27(22)39-28-14-7-5-12-26(28)31(37,17-9-18-33-30(36)38-3)24-11-8-19-34(21-24)29(35)23-15-16-25(20-23)32-2/h4-7,10,12-14,23-25,32,37H,8-9,11,15-21H2,1-3H3,(H,33,36)/t23-,24-,25+,31?/m1/s1. The first kappa shape index (κ1) is 28.9. The van der Waals surface area contributed by atoms with Crippen LogP contribution in [0.1, 0.15) is 56.1 Å². The fraction of sp³-hybridized carbons (Fsp3) is 0.548. The van der Waals surface area contributed by atoms with E-state index < -0.39 is 11.7 Å². The first-order valence-corrected chi connectivity index (χ1v) is 14.2. The molecule has 8 nitrogen and oxygen atoms in total. The zero-order chi connectivity index (χ0) is 27.8. The molecular weight excluding hydrogens is 494 g/mol. The Kier molecular flexibility index (Phi) is 9.86. The number of aryl methyl sites for hydroxylation is 1. The van der Waals surface area contributed by atoms with E-state index in [1.54, 1.807) is 0 Å². The number of ether oxygens (including phenoxy) is 2. The molecule has 1 saturated carbocycles. The van der Waals surface area contributed by atoms with E-state index in [0.717, 1.165) is 50.0 Å². The highest BCUT2D eigenvalue weighted by atomic mass is 16.5. The number of hydrogen-bond donors (Lipinski definition) is 3. The molecule has 0 radical (unpaired) electrons. The number of para-hydroxylation sites is 2. The summed E-state index contributed by atoms with van der Waals surface area (Å²) in [4.78, 5) is 27.1. The minimum absolute atomic E-state index is 0.0372. The number of likely N-dealkylation sites (tertiary alicyclic amines) is 1. The van der Waals surface area contributed by atoms with Gasteiger partial charge in [0.25, 0.3) is 0 Å². The highest BCUT2D eigenvalue weighted by molar-refractivity contribution is 5.79. The summed E-state index contributed by atoms with van der Waals surface area (Å²) in [7, 11) is 3.29. The number of piperidine rings is 1. The molecule has 8 heteroatoms. The Hall–Kier alpha value is -3.10. The Morgan fingerprint density at radius 2 is 1.82 bits per heavy atom. The van der Waals surface area contributed by atoms with Gasteiger partial charge in [0, 0.05) is 43.1 Å². The van der Waals surface area contributed by atoms with Gasteiger partial charge in [0.15, 0.2) is 0 Å². The summed E-state index contributed by atoms with van der Waals surface area (Å²) in [6.45, 7) is 3.59. The highest BCUT2D eigenvalue weighted by Gasteiger charge is 2.44. The van der Waals surface area contributed by atoms with Crippen LogP contribution in [0.4, 0.5) is 4.79 Å². The van der Waals surface area contributed by atoms with Gasteiger partial charge >= 0.3 is 6.09 Å². The van der Waals surface area contributed by atoms with E-state index in [2.05, 4.69) is 10.6 Å². The van der Waals surface area contributed by atoms with Crippen molar-refractivity contribution in [2.75, 3.05) is 33.8 Å². The van der Waals surface area contributed by atoms with Gasteiger partial charge < -0.3 is 30.1 Å². The quantitative estimate of drug-likeness (QED) is 0.379. The van der Waals surface area contributed by atoms with Crippen molar-refractivity contribution in [3.05, 3.63) is 59.7 Å². The zero-order valence-electron chi connectivity index (χ0n) is 23.4. The first-order chi connectivity index (χ1) is 18.9. The second-order valence-corrected chi connectivity index (χ2v) is 10.9. The molecule has 1 aliphatic heterocycles. The Balaban J connectivity index is 1.59. The van der Waals surface area contributed by atoms with Crippen LogP contribution in [-0.2, 0) is 15.1 Å². The minimum Gasteiger partial charge on any atom is -0.457 e. The molecule has 4 atom stereocenters. The maximum absolute atomic E-state index is 13.5. The highest BCUT2D eigenvalue weighted by Crippen LogP contribution is 2.44. The zero-order valence-corrected chi connectivity index (χ0v) is 23.4. The predicted molar refractivity (Wildman–Crippen MR) is 151 cm³/mol. The van der Waals surface area contributed by atoms with Gasteiger partial charge in [-0.3, -0.25) is 4.79 Å². The number of nitrogens with one attached hydrogen (secondary N) is 2. The lowest BCUT2D eigenvalue weighted by molar-refractivity contribution is -0.141. The van der Waals surface area contributed by atoms with E-state index in [-0.39, 0.29) is 17.7 Å². The van der Waals surface area contributed by atoms with Crippen LogP contribution in [0.15, 0.2) is 48.5 Å². The van der Waals surface area contributed by atoms with Crippen LogP contribution < -0.4 is 15.4 Å². The molecule has 2 amide bonds. The number of carbonyl (C=O) groups excluding carboxylic acids is 2. The first-order valence-electron chi connectivity index (χ1n) is 14.2. The second kappa shape index (κ2) is 13.3. The molecular formula is C31H43N3O5. The normalized spacial score (nSPS) is 22.7. The molecule has 1 unspecified atom stereocenters. The molecule has 3 N–H and O–H groups in total. The molecule has 2 aromatic carbocycles. The maximum Gasteiger partial charge on any atom is 0.406 e. The SMILES string of the molecule is CN[C@H]1CC[C@@H](C(=O)N2CCC[C@@H](C(O)(CCCNC(=O)OC)c3ccccc3Oc3ccccc3C)C2)C1. The number of carbonyl (C=O) groups is 2. The van der Waals surface area contributed by atoms with Gasteiger partial charge in [-0.25, -0.2) is 4.79 Å². The van der Waals surface area contributed by atoms with E-state index in [4.69, 9.17) is 9.47 Å². The van der Waals surface area contributed by atoms with Crippen LogP contribution in [-0.4, -0.2) is 61.8 Å². The van der Waals surface area contributed by atoms with E-state index >= 15 is 0 Å². The van der Waals surface area contributed by atoms with Gasteiger partial charge in [0.05, 0.1) is 12.7 Å². The number of alkyl carbamates (subject to hydrolysis) is 1. The second-order valence-electron chi connectivity index (χ2n) is 10.9. The van der Waals surface area contributed by atoms with Crippen LogP contribution >= 0.6 is 0 Å². The number of rotatable bonds is 10. The number of hydrogen-bond acceptors (Lipinski definition) is 6. The summed E-state index contributed by atoms with van der Waals surface area (Å²) in [5, 5.41) is 18.6. The number of aliphatic hydroxyl groups is 1. The van der Waals surface area contributed by atoms with E-state index in [0.29, 0.717) is 43.3 Å². The van der Waals surface area contributed by atoms with Gasteiger partial charge in [-0.15, -0.1) is 0 Å². The van der Waals surface area contributed by atoms with E-state index in [9.17, 15) is 14.7 Å². The largest absolute Gasteiger partial charge is 0.457 e. The molecule has 212 valence electrons. The fourth-order valence-electron chi connectivity index (χ4n) is 6.18. The lowest BCUT2D eigenvalue weighted by Crippen LogP contribution is -2.49. The summed E-state index contributed by atoms with van der Waals surface area (Å²) in [6.07, 6.45) is 4.88. The molecule has 1 saturated heterocycles. The number of methoxy groups -OCH3 is 1. The van der Waals surface area contributed by atoms with Crippen LogP contribution in [0.25, 0.3) is 0 Å². The van der Waals surface area contributed by atoms with Crippen LogP contribution in [0.5, 0.6) is 11.5 Å². The van der Waals surface area contributed by atoms with Gasteiger partial charge in [0.1, 0.15) is 11.5 Å². The molecule has 1 aliphatic carbocycles. The predicted octanol–water partition coefficient (Wildman–Crippen LogP) is 4.74. The molecule has 2 fully saturated rings. The van der Waals surface area contributed by atoms with Crippen molar-refractivity contribution in [1.29, 1.82) is 0 Å². The van der Waals surface area contributed by atoms with Crippen LogP contribution in [0.3, 0.4) is 0 Å². The molecule has 2 aromatic rings. The smallest absolute Gasteiger partial charge is 0.406 e. The Labute approximate surface area is 232 Å². The maximum atomic E-state index is 13.5. The molecule has 4 rings (SSSR count). The monoisotopic (exact) mass is 537 g/mol. The van der Waals surface area contributed by atoms with Crippen molar-refractivity contribution in [3.8, 4) is 11.5 Å². The Morgan fingerprint density at radius 3 is 2.54 bits per heavy atom. The van der Waals surface area contributed by atoms with Gasteiger partial charge in [-0.05, 0) is 76.6 Å². The Bertz CT molecular complexity index is 1120. The average molecular weight is 538 g/mol. The lowest BCUT2D eigenvalue weighted by atomic mass is 9.73. The number of benzene rings is 2. The average Bonchev–Trinajstić information content (AvgIpc) is 3.46. The molecule has 0 spiro atoms. The van der Waals surface area contributed by atoms with E-state index in [1.165, 1.54) is 7.11 Å². The molecule has 2 aliphatic rings. The fourth-order valence-corrected chi connectivity index (χ4v) is 6.18. The molecule has 0 aromatic heterocycles. The Morgan fingerprint density at radius 1 is 1.08 bits per heavy atom. The summed E-state index contributed by atoms with van der Waals surface area (Å²) in [6, 6.07) is 15.9. The molecule has 0 bridgehead atoms. The minimum atomic E-state index is -1.25. The summed E-state index contributed by atoms with van der Waals surface area (Å²) in [5.74, 6) is 1.41. The van der Waals surface area contributed by atoms with E-state index in [1.807, 2.05) is 67.4 Å². The van der Waals surface area contributed by atoms with Crippen molar-refractivity contribution in [2.45, 2.75) is 63.5 Å². The number of amides is 2. The lowest BCUT2D eigenvalue weighted by Gasteiger charge is -2.44. The third-order valence-electron chi connectivity index (χ3n) is 8.45. The van der Waals surface area contributed by atoms with Crippen molar-refractivity contribution in [3.63, 3.8) is 0 Å². The van der Waals surface area contributed by atoms with Crippen molar-refractivity contribution in [2.24, 2.45) is 11.8 Å². The summed E-state index contributed by atoms with van der Waals surface area (Å²) >= 11 is 0. The summed E-state index contributed by atoms with van der Waals surface area (Å²) in [5.41, 5.74) is 0.463. The van der Waals surface area contributed by atoms with Gasteiger partial charge in [-0.2, -0.15) is 0 Å². The third-order valence-corrected chi connectivity index (χ3v) is 8.45. The van der Waals surface area contributed by atoms with Crippen molar-refractivity contribution < 1.29 is 24.2 Å². The van der Waals surface area contributed by atoms with Crippen molar-refractivity contribution >= 4 is 12.0 Å². The topological polar surface area (TPSA) is 100 Å².